The molecule has 0 radical (unpaired) electrons. The summed E-state index contributed by atoms with van der Waals surface area (Å²) in [7, 11) is 1.80. The molecular weight excluding hydrogens is 268 g/mol. The number of likely N-dealkylation sites (N-methyl/N-ethyl adjacent to an activating group) is 1. The Morgan fingerprint density at radius 1 is 1.57 bits per heavy atom. The summed E-state index contributed by atoms with van der Waals surface area (Å²) >= 11 is 0. The number of hydrogen-bond donors (Lipinski definition) is 1. The van der Waals surface area contributed by atoms with Gasteiger partial charge in [0.1, 0.15) is 0 Å². The maximum atomic E-state index is 12.4. The van der Waals surface area contributed by atoms with Crippen molar-refractivity contribution in [2.75, 3.05) is 26.7 Å². The molecule has 2 rings (SSSR count). The molecule has 0 aliphatic carbocycles. The van der Waals surface area contributed by atoms with E-state index in [2.05, 4.69) is 24.0 Å². The Bertz CT molecular complexity index is 484. The van der Waals surface area contributed by atoms with Crippen LogP contribution in [-0.4, -0.2) is 58.5 Å². The van der Waals surface area contributed by atoms with E-state index in [1.807, 2.05) is 11.1 Å². The average molecular weight is 292 g/mol. The summed E-state index contributed by atoms with van der Waals surface area (Å²) in [6, 6.07) is 0. The lowest BCUT2D eigenvalue weighted by Crippen LogP contribution is -2.36. The molecule has 1 aliphatic rings. The van der Waals surface area contributed by atoms with Crippen molar-refractivity contribution in [1.29, 1.82) is 0 Å². The number of amides is 2. The van der Waals surface area contributed by atoms with Crippen molar-refractivity contribution in [2.45, 2.75) is 26.7 Å². The lowest BCUT2D eigenvalue weighted by molar-refractivity contribution is -0.134. The minimum absolute atomic E-state index is 0.0677. The van der Waals surface area contributed by atoms with Crippen molar-refractivity contribution in [3.8, 4) is 0 Å². The van der Waals surface area contributed by atoms with Crippen LogP contribution in [0.3, 0.4) is 0 Å². The third-order valence-corrected chi connectivity index (χ3v) is 3.82. The van der Waals surface area contributed by atoms with Gasteiger partial charge in [0.25, 0.3) is 0 Å². The van der Waals surface area contributed by atoms with E-state index in [9.17, 15) is 9.59 Å². The van der Waals surface area contributed by atoms with E-state index in [0.717, 1.165) is 18.5 Å². The summed E-state index contributed by atoms with van der Waals surface area (Å²) in [6.07, 6.45) is 4.72. The summed E-state index contributed by atoms with van der Waals surface area (Å²) in [5.74, 6) is 0.413. The molecule has 6 heteroatoms. The van der Waals surface area contributed by atoms with Gasteiger partial charge in [-0.1, -0.05) is 13.8 Å². The van der Waals surface area contributed by atoms with E-state index in [4.69, 9.17) is 0 Å². The Labute approximate surface area is 125 Å². The number of likely N-dealkylation sites (tertiary alicyclic amines) is 1. The first-order valence-electron chi connectivity index (χ1n) is 7.47. The zero-order valence-corrected chi connectivity index (χ0v) is 13.0. The van der Waals surface area contributed by atoms with Gasteiger partial charge in [0.05, 0.1) is 12.1 Å². The molecule has 2 heterocycles. The largest absolute Gasteiger partial charge is 0.345 e. The molecule has 21 heavy (non-hydrogen) atoms. The molecule has 2 amide bonds. The molecule has 1 aliphatic heterocycles. The zero-order chi connectivity index (χ0) is 15.4. The molecule has 0 unspecified atom stereocenters. The Balaban J connectivity index is 1.84. The summed E-state index contributed by atoms with van der Waals surface area (Å²) in [5, 5.41) is 6.65. The van der Waals surface area contributed by atoms with Crippen LogP contribution in [0.4, 0.5) is 0 Å². The highest BCUT2D eigenvalue weighted by Gasteiger charge is 2.35. The molecule has 1 saturated heterocycles. The van der Waals surface area contributed by atoms with Crippen LogP contribution in [0.25, 0.3) is 0 Å². The van der Waals surface area contributed by atoms with Crippen LogP contribution in [0, 0.1) is 11.8 Å². The van der Waals surface area contributed by atoms with Gasteiger partial charge >= 0.3 is 0 Å². The molecule has 1 aromatic heterocycles. The van der Waals surface area contributed by atoms with E-state index < -0.39 is 0 Å². The first kappa shape index (κ1) is 15.5. The number of hydrogen-bond acceptors (Lipinski definition) is 3. The van der Waals surface area contributed by atoms with Crippen molar-refractivity contribution < 1.29 is 9.59 Å². The van der Waals surface area contributed by atoms with E-state index in [-0.39, 0.29) is 17.7 Å². The molecule has 1 N–H and O–H groups in total. The molecule has 116 valence electrons. The van der Waals surface area contributed by atoms with Crippen molar-refractivity contribution >= 4 is 11.8 Å². The van der Waals surface area contributed by atoms with E-state index in [0.29, 0.717) is 25.4 Å². The molecule has 0 saturated carbocycles. The van der Waals surface area contributed by atoms with Crippen LogP contribution in [0.1, 0.15) is 25.8 Å². The topological polar surface area (TPSA) is 69.3 Å². The van der Waals surface area contributed by atoms with Gasteiger partial charge in [0.2, 0.25) is 11.8 Å². The highest BCUT2D eigenvalue weighted by Crippen LogP contribution is 2.21. The standard InChI is InChI=1S/C15H24N4O2/c1-11(2)9-19-10-13(6-14(19)20)15(21)18(3)5-4-12-7-16-17-8-12/h7-8,11,13H,4-6,9-10H2,1-3H3,(H,16,17)/t13-/m1/s1. The maximum absolute atomic E-state index is 12.4. The summed E-state index contributed by atoms with van der Waals surface area (Å²) in [6.45, 7) is 6.11. The Morgan fingerprint density at radius 3 is 2.95 bits per heavy atom. The molecule has 0 bridgehead atoms. The fraction of sp³-hybridized carbons (Fsp3) is 0.667. The van der Waals surface area contributed by atoms with Crippen molar-refractivity contribution in [2.24, 2.45) is 11.8 Å². The van der Waals surface area contributed by atoms with Crippen LogP contribution in [-0.2, 0) is 16.0 Å². The second-order valence-corrected chi connectivity index (χ2v) is 6.21. The van der Waals surface area contributed by atoms with Gasteiger partial charge in [-0.05, 0) is 17.9 Å². The molecule has 1 atom stereocenters. The van der Waals surface area contributed by atoms with Gasteiger partial charge in [-0.25, -0.2) is 0 Å². The molecule has 1 fully saturated rings. The van der Waals surface area contributed by atoms with Crippen LogP contribution in [0.15, 0.2) is 12.4 Å². The molecule has 1 aromatic rings. The van der Waals surface area contributed by atoms with Crippen LogP contribution < -0.4 is 0 Å². The van der Waals surface area contributed by atoms with Gasteiger partial charge < -0.3 is 9.80 Å². The number of rotatable bonds is 6. The average Bonchev–Trinajstić information content (AvgIpc) is 3.05. The summed E-state index contributed by atoms with van der Waals surface area (Å²) in [5.41, 5.74) is 1.08. The number of nitrogens with zero attached hydrogens (tertiary/aromatic N) is 3. The summed E-state index contributed by atoms with van der Waals surface area (Å²) < 4.78 is 0. The third kappa shape index (κ3) is 4.06. The van der Waals surface area contributed by atoms with Gasteiger partial charge in [0, 0.05) is 39.3 Å². The van der Waals surface area contributed by atoms with E-state index in [1.54, 1.807) is 18.1 Å². The van der Waals surface area contributed by atoms with Crippen molar-refractivity contribution in [3.05, 3.63) is 18.0 Å². The quantitative estimate of drug-likeness (QED) is 0.847. The highest BCUT2D eigenvalue weighted by molar-refractivity contribution is 5.89. The van der Waals surface area contributed by atoms with Gasteiger partial charge in [-0.15, -0.1) is 0 Å². The minimum Gasteiger partial charge on any atom is -0.345 e. The number of carbonyl (C=O) groups excluding carboxylic acids is 2. The molecule has 0 spiro atoms. The van der Waals surface area contributed by atoms with Gasteiger partial charge in [-0.2, -0.15) is 5.10 Å². The van der Waals surface area contributed by atoms with Crippen LogP contribution in [0.2, 0.25) is 0 Å². The van der Waals surface area contributed by atoms with Crippen molar-refractivity contribution in [1.82, 2.24) is 20.0 Å². The Morgan fingerprint density at radius 2 is 2.33 bits per heavy atom. The fourth-order valence-corrected chi connectivity index (χ4v) is 2.69. The first-order valence-corrected chi connectivity index (χ1v) is 7.47. The zero-order valence-electron chi connectivity index (χ0n) is 13.0. The number of nitrogens with one attached hydrogen (secondary N) is 1. The highest BCUT2D eigenvalue weighted by atomic mass is 16.2. The summed E-state index contributed by atoms with van der Waals surface area (Å²) in [4.78, 5) is 27.9. The number of aromatic nitrogens is 2. The normalized spacial score (nSPS) is 18.6. The van der Waals surface area contributed by atoms with Crippen molar-refractivity contribution in [3.63, 3.8) is 0 Å². The second kappa shape index (κ2) is 6.74. The smallest absolute Gasteiger partial charge is 0.227 e. The molecular formula is C15H24N4O2. The fourth-order valence-electron chi connectivity index (χ4n) is 2.69. The lowest BCUT2D eigenvalue weighted by atomic mass is 10.1. The molecule has 6 nitrogen and oxygen atoms in total. The van der Waals surface area contributed by atoms with Crippen LogP contribution in [0.5, 0.6) is 0 Å². The number of aromatic amines is 1. The minimum atomic E-state index is -0.189. The second-order valence-electron chi connectivity index (χ2n) is 6.21. The predicted molar refractivity (Wildman–Crippen MR) is 79.5 cm³/mol. The first-order chi connectivity index (χ1) is 9.97. The Kier molecular flexibility index (Phi) is 4.98. The maximum Gasteiger partial charge on any atom is 0.227 e. The van der Waals surface area contributed by atoms with Gasteiger partial charge in [-0.3, -0.25) is 14.7 Å². The predicted octanol–water partition coefficient (Wildman–Crippen LogP) is 0.915. The number of H-pyrrole nitrogens is 1. The van der Waals surface area contributed by atoms with E-state index in [1.165, 1.54) is 0 Å². The molecule has 0 aromatic carbocycles. The lowest BCUT2D eigenvalue weighted by Gasteiger charge is -2.22. The monoisotopic (exact) mass is 292 g/mol. The van der Waals surface area contributed by atoms with Gasteiger partial charge in [0.15, 0.2) is 0 Å². The number of carbonyl (C=O) groups is 2. The van der Waals surface area contributed by atoms with Crippen LogP contribution >= 0.6 is 0 Å². The Hall–Kier alpha value is -1.85. The third-order valence-electron chi connectivity index (χ3n) is 3.82. The SMILES string of the molecule is CC(C)CN1C[C@H](C(=O)N(C)CCc2cn[nH]c2)CC1=O. The van der Waals surface area contributed by atoms with E-state index >= 15 is 0 Å².